The first-order chi connectivity index (χ1) is 7.21. The van der Waals surface area contributed by atoms with Crippen molar-refractivity contribution in [3.63, 3.8) is 0 Å². The van der Waals surface area contributed by atoms with Crippen molar-refractivity contribution in [2.75, 3.05) is 5.32 Å². The molecule has 0 unspecified atom stereocenters. The predicted octanol–water partition coefficient (Wildman–Crippen LogP) is 3.07. The number of halogens is 6. The van der Waals surface area contributed by atoms with Crippen molar-refractivity contribution in [1.29, 1.82) is 0 Å². The first-order valence-corrected chi connectivity index (χ1v) is 4.82. The van der Waals surface area contributed by atoms with Crippen molar-refractivity contribution in [2.24, 2.45) is 0 Å². The molecule has 0 radical (unpaired) electrons. The first-order valence-electron chi connectivity index (χ1n) is 3.74. The zero-order valence-electron chi connectivity index (χ0n) is 7.33. The second kappa shape index (κ2) is 4.52. The van der Waals surface area contributed by atoms with Crippen LogP contribution >= 0.6 is 22.6 Å². The predicted molar refractivity (Wildman–Crippen MR) is 53.8 cm³/mol. The second-order valence-electron chi connectivity index (χ2n) is 2.70. The minimum Gasteiger partial charge on any atom is -0.317 e. The van der Waals surface area contributed by atoms with Gasteiger partial charge < -0.3 is 5.32 Å². The van der Waals surface area contributed by atoms with E-state index in [1.807, 2.05) is 0 Å². The lowest BCUT2D eigenvalue weighted by molar-refractivity contribution is -0.167. The van der Waals surface area contributed by atoms with Crippen molar-refractivity contribution in [3.8, 4) is 0 Å². The van der Waals surface area contributed by atoms with Crippen molar-refractivity contribution in [3.05, 3.63) is 27.3 Å². The molecule has 1 aromatic carbocycles. The molecule has 1 N–H and O–H groups in total. The van der Waals surface area contributed by atoms with E-state index in [0.29, 0.717) is 12.1 Å². The molecular formula is C8H3F5INO. The van der Waals surface area contributed by atoms with Crippen LogP contribution in [0, 0.1) is 15.2 Å². The van der Waals surface area contributed by atoms with Gasteiger partial charge in [0.15, 0.2) is 11.6 Å². The standard InChI is InChI=1S/C8H3F5INO/c9-3-1-5(14)6(2-4(3)10)15-7(16)8(11,12)13/h1-2H,(H,15,16). The number of amides is 1. The van der Waals surface area contributed by atoms with Gasteiger partial charge >= 0.3 is 12.1 Å². The smallest absolute Gasteiger partial charge is 0.317 e. The Bertz CT molecular complexity index is 431. The summed E-state index contributed by atoms with van der Waals surface area (Å²) in [5.41, 5.74) is -0.429. The van der Waals surface area contributed by atoms with Crippen molar-refractivity contribution >= 4 is 34.2 Å². The number of hydrogen-bond acceptors (Lipinski definition) is 1. The number of benzene rings is 1. The topological polar surface area (TPSA) is 29.1 Å². The highest BCUT2D eigenvalue weighted by Gasteiger charge is 2.39. The molecule has 0 saturated carbocycles. The summed E-state index contributed by atoms with van der Waals surface area (Å²) in [6.45, 7) is 0. The Labute approximate surface area is 100.0 Å². The van der Waals surface area contributed by atoms with Crippen LogP contribution in [0.4, 0.5) is 27.6 Å². The van der Waals surface area contributed by atoms with E-state index in [2.05, 4.69) is 0 Å². The molecule has 0 aliphatic rings. The van der Waals surface area contributed by atoms with Crippen LogP contribution in [0.2, 0.25) is 0 Å². The van der Waals surface area contributed by atoms with Crippen LogP contribution in [0.1, 0.15) is 0 Å². The normalized spacial score (nSPS) is 11.4. The van der Waals surface area contributed by atoms with Gasteiger partial charge in [0.25, 0.3) is 0 Å². The van der Waals surface area contributed by atoms with E-state index in [1.54, 1.807) is 0 Å². The Balaban J connectivity index is 2.99. The van der Waals surface area contributed by atoms with E-state index in [0.717, 1.165) is 0 Å². The van der Waals surface area contributed by atoms with E-state index >= 15 is 0 Å². The van der Waals surface area contributed by atoms with Crippen LogP contribution in [0.15, 0.2) is 12.1 Å². The molecule has 2 nitrogen and oxygen atoms in total. The van der Waals surface area contributed by atoms with Gasteiger partial charge in [0, 0.05) is 9.64 Å². The van der Waals surface area contributed by atoms with Gasteiger partial charge in [-0.1, -0.05) is 0 Å². The molecule has 0 aliphatic carbocycles. The fourth-order valence-corrected chi connectivity index (χ4v) is 1.38. The summed E-state index contributed by atoms with van der Waals surface area (Å²) >= 11 is 1.48. The van der Waals surface area contributed by atoms with Crippen molar-refractivity contribution in [1.82, 2.24) is 0 Å². The Morgan fingerprint density at radius 2 is 1.69 bits per heavy atom. The largest absolute Gasteiger partial charge is 0.471 e. The van der Waals surface area contributed by atoms with E-state index < -0.39 is 29.4 Å². The van der Waals surface area contributed by atoms with Gasteiger partial charge in [0.1, 0.15) is 0 Å². The minimum absolute atomic E-state index is 0.0332. The zero-order chi connectivity index (χ0) is 12.5. The summed E-state index contributed by atoms with van der Waals surface area (Å²) in [5.74, 6) is -4.77. The summed E-state index contributed by atoms with van der Waals surface area (Å²) in [5, 5.41) is 1.44. The molecule has 8 heteroatoms. The maximum Gasteiger partial charge on any atom is 0.471 e. The highest BCUT2D eigenvalue weighted by atomic mass is 127. The van der Waals surface area contributed by atoms with E-state index in [4.69, 9.17) is 0 Å². The second-order valence-corrected chi connectivity index (χ2v) is 3.86. The van der Waals surface area contributed by atoms with Crippen LogP contribution < -0.4 is 5.32 Å². The summed E-state index contributed by atoms with van der Waals surface area (Å²) in [6, 6.07) is 1.17. The summed E-state index contributed by atoms with van der Waals surface area (Å²) in [7, 11) is 0. The van der Waals surface area contributed by atoms with Gasteiger partial charge in [-0.2, -0.15) is 13.2 Å². The number of rotatable bonds is 1. The molecule has 0 aromatic heterocycles. The molecule has 88 valence electrons. The maximum absolute atomic E-state index is 12.7. The van der Waals surface area contributed by atoms with Crippen LogP contribution in [0.5, 0.6) is 0 Å². The molecular weight excluding hydrogens is 348 g/mol. The quantitative estimate of drug-likeness (QED) is 0.470. The molecule has 0 atom stereocenters. The van der Waals surface area contributed by atoms with Gasteiger partial charge in [0.2, 0.25) is 0 Å². The van der Waals surface area contributed by atoms with Crippen LogP contribution in [0.25, 0.3) is 0 Å². The fourth-order valence-electron chi connectivity index (χ4n) is 0.812. The van der Waals surface area contributed by atoms with Gasteiger partial charge in [-0.15, -0.1) is 0 Å². The molecule has 0 spiro atoms. The number of alkyl halides is 3. The Kier molecular flexibility index (Phi) is 3.71. The SMILES string of the molecule is O=C(Nc1cc(F)c(F)cc1I)C(F)(F)F. The Hall–Kier alpha value is -0.930. The van der Waals surface area contributed by atoms with Crippen LogP contribution in [-0.2, 0) is 4.79 Å². The number of hydrogen-bond donors (Lipinski definition) is 1. The highest BCUT2D eigenvalue weighted by Crippen LogP contribution is 2.24. The summed E-state index contributed by atoms with van der Waals surface area (Å²) in [6.07, 6.45) is -5.08. The minimum atomic E-state index is -5.08. The van der Waals surface area contributed by atoms with E-state index in [1.165, 1.54) is 27.9 Å². The zero-order valence-corrected chi connectivity index (χ0v) is 9.49. The molecule has 0 aliphatic heterocycles. The average molecular weight is 351 g/mol. The van der Waals surface area contributed by atoms with Crippen molar-refractivity contribution in [2.45, 2.75) is 6.18 Å². The van der Waals surface area contributed by atoms with Gasteiger partial charge in [0.05, 0.1) is 5.69 Å². The highest BCUT2D eigenvalue weighted by molar-refractivity contribution is 14.1. The number of carbonyl (C=O) groups excluding carboxylic acids is 1. The van der Waals surface area contributed by atoms with Crippen LogP contribution in [0.3, 0.4) is 0 Å². The van der Waals surface area contributed by atoms with E-state index in [-0.39, 0.29) is 3.57 Å². The van der Waals surface area contributed by atoms with Gasteiger partial charge in [-0.3, -0.25) is 4.79 Å². The monoisotopic (exact) mass is 351 g/mol. The van der Waals surface area contributed by atoms with Crippen molar-refractivity contribution < 1.29 is 26.7 Å². The molecule has 0 fully saturated rings. The molecule has 1 amide bonds. The van der Waals surface area contributed by atoms with Gasteiger partial charge in [-0.25, -0.2) is 8.78 Å². The first kappa shape index (κ1) is 13.1. The fraction of sp³-hybridized carbons (Fsp3) is 0.125. The third-order valence-electron chi connectivity index (χ3n) is 1.52. The Morgan fingerprint density at radius 1 is 1.19 bits per heavy atom. The molecule has 0 saturated heterocycles. The summed E-state index contributed by atoms with van der Waals surface area (Å²) in [4.78, 5) is 10.5. The molecule has 1 aromatic rings. The average Bonchev–Trinajstić information content (AvgIpc) is 2.12. The van der Waals surface area contributed by atoms with Crippen LogP contribution in [-0.4, -0.2) is 12.1 Å². The van der Waals surface area contributed by atoms with E-state index in [9.17, 15) is 26.7 Å². The lowest BCUT2D eigenvalue weighted by Crippen LogP contribution is -2.30. The molecule has 0 bridgehead atoms. The third-order valence-corrected chi connectivity index (χ3v) is 2.41. The number of carbonyl (C=O) groups is 1. The third kappa shape index (κ3) is 3.03. The maximum atomic E-state index is 12.7. The van der Waals surface area contributed by atoms with Gasteiger partial charge in [-0.05, 0) is 28.7 Å². The molecule has 1 rings (SSSR count). The number of nitrogens with one attached hydrogen (secondary N) is 1. The Morgan fingerprint density at radius 3 is 2.19 bits per heavy atom. The lowest BCUT2D eigenvalue weighted by Gasteiger charge is -2.09. The summed E-state index contributed by atoms with van der Waals surface area (Å²) < 4.78 is 60.9. The molecule has 0 heterocycles. The lowest BCUT2D eigenvalue weighted by atomic mass is 10.3. The molecule has 16 heavy (non-hydrogen) atoms. The number of anilines is 1.